The fourth-order valence-corrected chi connectivity index (χ4v) is 4.41. The van der Waals surface area contributed by atoms with Crippen molar-refractivity contribution in [3.05, 3.63) is 106 Å². The highest BCUT2D eigenvalue weighted by Crippen LogP contribution is 2.35. The van der Waals surface area contributed by atoms with E-state index in [-0.39, 0.29) is 0 Å². The van der Waals surface area contributed by atoms with Crippen molar-refractivity contribution in [2.45, 2.75) is 33.0 Å². The number of halogens is 3. The molecule has 0 saturated heterocycles. The molecular formula is C28H24F3N5O. The van der Waals surface area contributed by atoms with Crippen molar-refractivity contribution in [1.82, 2.24) is 15.5 Å². The Bertz CT molecular complexity index is 1560. The van der Waals surface area contributed by atoms with Crippen LogP contribution in [0.5, 0.6) is 0 Å². The fraction of sp³-hybridized carbons (Fsp3) is 0.179. The average Bonchev–Trinajstić information content (AvgIpc) is 3.32. The summed E-state index contributed by atoms with van der Waals surface area (Å²) < 4.78 is 39.6. The number of aryl methyl sites for hydroxylation is 2. The highest BCUT2D eigenvalue weighted by atomic mass is 19.4. The van der Waals surface area contributed by atoms with E-state index in [4.69, 9.17) is 4.99 Å². The monoisotopic (exact) mass is 503 g/mol. The lowest BCUT2D eigenvalue weighted by Crippen LogP contribution is -2.34. The zero-order valence-electron chi connectivity index (χ0n) is 20.4. The molecule has 9 heteroatoms. The van der Waals surface area contributed by atoms with Crippen LogP contribution in [0.2, 0.25) is 0 Å². The van der Waals surface area contributed by atoms with Crippen LogP contribution < -0.4 is 10.6 Å². The van der Waals surface area contributed by atoms with Crippen molar-refractivity contribution in [3.63, 3.8) is 0 Å². The molecule has 1 aromatic heterocycles. The van der Waals surface area contributed by atoms with Crippen LogP contribution in [0.1, 0.15) is 40.8 Å². The molecule has 0 spiro atoms. The third-order valence-electron chi connectivity index (χ3n) is 6.39. The van der Waals surface area contributed by atoms with Gasteiger partial charge in [0.15, 0.2) is 0 Å². The van der Waals surface area contributed by atoms with E-state index in [1.165, 1.54) is 12.1 Å². The lowest BCUT2D eigenvalue weighted by molar-refractivity contribution is -0.137. The number of carbonyl (C=O) groups excluding carboxylic acids is 1. The van der Waals surface area contributed by atoms with Gasteiger partial charge >= 0.3 is 6.18 Å². The van der Waals surface area contributed by atoms with Crippen LogP contribution in [0.25, 0.3) is 10.9 Å². The maximum absolute atomic E-state index is 13.5. The Morgan fingerprint density at radius 2 is 1.73 bits per heavy atom. The lowest BCUT2D eigenvalue weighted by atomic mass is 9.93. The Kier molecular flexibility index (Phi) is 6.07. The number of aromatic nitrogens is 2. The summed E-state index contributed by atoms with van der Waals surface area (Å²) in [5, 5.41) is 13.9. The second-order valence-electron chi connectivity index (χ2n) is 9.11. The first-order chi connectivity index (χ1) is 17.6. The smallest absolute Gasteiger partial charge is 0.343 e. The van der Waals surface area contributed by atoms with Gasteiger partial charge in [-0.1, -0.05) is 29.8 Å². The van der Waals surface area contributed by atoms with Crippen LogP contribution in [0, 0.1) is 13.8 Å². The van der Waals surface area contributed by atoms with Crippen molar-refractivity contribution >= 4 is 28.3 Å². The second kappa shape index (κ2) is 9.24. The van der Waals surface area contributed by atoms with Crippen LogP contribution in [0.4, 0.5) is 18.9 Å². The van der Waals surface area contributed by atoms with Crippen LogP contribution >= 0.6 is 0 Å². The number of rotatable bonds is 4. The lowest BCUT2D eigenvalue weighted by Gasteiger charge is -2.27. The maximum Gasteiger partial charge on any atom is 0.416 e. The topological polar surface area (TPSA) is 82.2 Å². The number of aliphatic imine (C=N–C) groups is 1. The van der Waals surface area contributed by atoms with Gasteiger partial charge in [0.1, 0.15) is 11.9 Å². The molecule has 3 aromatic carbocycles. The van der Waals surface area contributed by atoms with Gasteiger partial charge in [-0.3, -0.25) is 14.9 Å². The third kappa shape index (κ3) is 4.84. The van der Waals surface area contributed by atoms with E-state index in [0.717, 1.165) is 39.7 Å². The van der Waals surface area contributed by atoms with Crippen molar-refractivity contribution < 1.29 is 18.0 Å². The number of amidine groups is 1. The van der Waals surface area contributed by atoms with Gasteiger partial charge in [-0.05, 0) is 68.3 Å². The van der Waals surface area contributed by atoms with Gasteiger partial charge in [-0.25, -0.2) is 0 Å². The number of carbonyl (C=O) groups is 1. The minimum Gasteiger partial charge on any atom is -0.343 e. The van der Waals surface area contributed by atoms with E-state index in [1.807, 2.05) is 38.1 Å². The summed E-state index contributed by atoms with van der Waals surface area (Å²) in [5.74, 6) is 0.154. The number of H-pyrrole nitrogens is 1. The number of nitrogens with zero attached hydrogens (tertiary/aromatic N) is 2. The number of hydrogen-bond acceptors (Lipinski definition) is 4. The van der Waals surface area contributed by atoms with Crippen molar-refractivity contribution in [3.8, 4) is 0 Å². The van der Waals surface area contributed by atoms with Gasteiger partial charge < -0.3 is 10.6 Å². The minimum absolute atomic E-state index is 0.320. The number of allylic oxidation sites excluding steroid dienone is 1. The number of alkyl halides is 3. The Labute approximate surface area is 211 Å². The van der Waals surface area contributed by atoms with Gasteiger partial charge in [0.2, 0.25) is 0 Å². The number of aromatic amines is 1. The van der Waals surface area contributed by atoms with Crippen molar-refractivity contribution in [2.24, 2.45) is 4.99 Å². The molecule has 2 heterocycles. The van der Waals surface area contributed by atoms with Crippen LogP contribution in [-0.4, -0.2) is 21.9 Å². The summed E-state index contributed by atoms with van der Waals surface area (Å²) in [6, 6.07) is 15.3. The molecule has 1 aliphatic rings. The summed E-state index contributed by atoms with van der Waals surface area (Å²) >= 11 is 0. The Morgan fingerprint density at radius 3 is 2.46 bits per heavy atom. The molecule has 3 N–H and O–H groups in total. The summed E-state index contributed by atoms with van der Waals surface area (Å²) in [5.41, 5.74) is 4.89. The van der Waals surface area contributed by atoms with E-state index in [0.29, 0.717) is 28.4 Å². The van der Waals surface area contributed by atoms with E-state index in [9.17, 15) is 18.0 Å². The van der Waals surface area contributed by atoms with Gasteiger partial charge in [-0.15, -0.1) is 0 Å². The molecule has 1 unspecified atom stereocenters. The predicted octanol–water partition coefficient (Wildman–Crippen LogP) is 6.20. The fourth-order valence-electron chi connectivity index (χ4n) is 4.41. The van der Waals surface area contributed by atoms with Gasteiger partial charge in [-0.2, -0.15) is 18.3 Å². The first-order valence-electron chi connectivity index (χ1n) is 11.6. The number of amides is 1. The van der Waals surface area contributed by atoms with Gasteiger partial charge in [0.25, 0.3) is 5.91 Å². The Hall–Kier alpha value is -4.40. The number of benzene rings is 3. The molecular weight excluding hydrogens is 479 g/mol. The summed E-state index contributed by atoms with van der Waals surface area (Å²) in [7, 11) is 0. The standard InChI is InChI=1S/C28H24F3N5O/c1-15-4-5-16(2)22(12-15)26-33-17(3)24(25(35-26)18-6-8-20(9-7-18)28(29,30)31)27(37)34-21-10-11-23-19(13-21)14-32-36-23/h4-14,25H,1-3H3,(H,32,36)(H,33,35)(H,34,37). The molecule has 37 heavy (non-hydrogen) atoms. The first kappa shape index (κ1) is 24.3. The summed E-state index contributed by atoms with van der Waals surface area (Å²) in [6.07, 6.45) is -2.80. The van der Waals surface area contributed by atoms with Crippen LogP contribution in [-0.2, 0) is 11.0 Å². The summed E-state index contributed by atoms with van der Waals surface area (Å²) in [6.45, 7) is 5.70. The second-order valence-corrected chi connectivity index (χ2v) is 9.11. The van der Waals surface area contributed by atoms with Crippen LogP contribution in [0.15, 0.2) is 83.1 Å². The molecule has 188 valence electrons. The van der Waals surface area contributed by atoms with E-state index in [2.05, 4.69) is 20.8 Å². The quantitative estimate of drug-likeness (QED) is 0.310. The molecule has 0 radical (unpaired) electrons. The van der Waals surface area contributed by atoms with Crippen molar-refractivity contribution in [1.29, 1.82) is 0 Å². The van der Waals surface area contributed by atoms with E-state index >= 15 is 0 Å². The molecule has 0 bridgehead atoms. The first-order valence-corrected chi connectivity index (χ1v) is 11.6. The highest BCUT2D eigenvalue weighted by molar-refractivity contribution is 6.09. The molecule has 0 fully saturated rings. The van der Waals surface area contributed by atoms with Gasteiger partial charge in [0.05, 0.1) is 22.9 Å². The number of anilines is 1. The predicted molar refractivity (Wildman–Crippen MR) is 137 cm³/mol. The van der Waals surface area contributed by atoms with Gasteiger partial charge in [0, 0.05) is 22.3 Å². The number of fused-ring (bicyclic) bond motifs is 1. The molecule has 5 rings (SSSR count). The maximum atomic E-state index is 13.5. The third-order valence-corrected chi connectivity index (χ3v) is 6.39. The Balaban J connectivity index is 1.55. The minimum atomic E-state index is -4.46. The van der Waals surface area contributed by atoms with Crippen LogP contribution in [0.3, 0.4) is 0 Å². The molecule has 6 nitrogen and oxygen atoms in total. The zero-order valence-corrected chi connectivity index (χ0v) is 20.4. The van der Waals surface area contributed by atoms with E-state index in [1.54, 1.807) is 25.3 Å². The normalized spacial score (nSPS) is 15.9. The average molecular weight is 504 g/mol. The number of hydrogen-bond donors (Lipinski definition) is 3. The summed E-state index contributed by atoms with van der Waals surface area (Å²) in [4.78, 5) is 18.4. The zero-order chi connectivity index (χ0) is 26.3. The molecule has 0 saturated carbocycles. The Morgan fingerprint density at radius 1 is 0.973 bits per heavy atom. The SMILES string of the molecule is CC1=C(C(=O)Nc2ccc3[nH]ncc3c2)C(c2ccc(C(F)(F)F)cc2)N=C(c2cc(C)ccc2C)N1. The molecule has 0 aliphatic carbocycles. The van der Waals surface area contributed by atoms with E-state index < -0.39 is 23.7 Å². The largest absolute Gasteiger partial charge is 0.416 e. The molecule has 4 aromatic rings. The molecule has 1 aliphatic heterocycles. The van der Waals surface area contributed by atoms with Crippen molar-refractivity contribution in [2.75, 3.05) is 5.32 Å². The highest BCUT2D eigenvalue weighted by Gasteiger charge is 2.33. The number of nitrogens with one attached hydrogen (secondary N) is 3. The molecule has 1 atom stereocenters. The molecule has 1 amide bonds.